The van der Waals surface area contributed by atoms with E-state index >= 15 is 0 Å². The molecule has 0 radical (unpaired) electrons. The molecule has 2 aromatic rings. The molecule has 0 unspecified atom stereocenters. The third kappa shape index (κ3) is 7.90. The number of aliphatic imine (C=N–C) groups is 1. The van der Waals surface area contributed by atoms with Gasteiger partial charge in [-0.15, -0.1) is 24.0 Å². The number of aromatic nitrogens is 3. The standard InChI is InChI=1S/C18H29N7O2S.HI/c1-6-19-17(21-12-16-22-13-23-25(16)5)20-11-14-9-7-8-10-15(14)28(26,27)24-18(2,3)4;/h7-10,13,24H,6,11-12H2,1-5H3,(H2,19,20,21);1H. The summed E-state index contributed by atoms with van der Waals surface area (Å²) in [6.45, 7) is 8.74. The van der Waals surface area contributed by atoms with Gasteiger partial charge in [-0.25, -0.2) is 23.1 Å². The number of nitrogens with one attached hydrogen (secondary N) is 3. The monoisotopic (exact) mass is 535 g/mol. The van der Waals surface area contributed by atoms with Gasteiger partial charge in [0.2, 0.25) is 10.0 Å². The van der Waals surface area contributed by atoms with Gasteiger partial charge in [-0.3, -0.25) is 4.68 Å². The Morgan fingerprint density at radius 3 is 2.48 bits per heavy atom. The van der Waals surface area contributed by atoms with Gasteiger partial charge < -0.3 is 10.6 Å². The van der Waals surface area contributed by atoms with Crippen LogP contribution in [0, 0.1) is 0 Å². The quantitative estimate of drug-likeness (QED) is 0.283. The molecule has 0 aliphatic heterocycles. The summed E-state index contributed by atoms with van der Waals surface area (Å²) in [7, 11) is -1.83. The van der Waals surface area contributed by atoms with Crippen molar-refractivity contribution in [3.05, 3.63) is 42.0 Å². The number of sulfonamides is 1. The lowest BCUT2D eigenvalue weighted by Crippen LogP contribution is -2.40. The first-order valence-electron chi connectivity index (χ1n) is 9.09. The van der Waals surface area contributed by atoms with Crippen LogP contribution in [0.3, 0.4) is 0 Å². The summed E-state index contributed by atoms with van der Waals surface area (Å²) in [6, 6.07) is 6.88. The Morgan fingerprint density at radius 2 is 1.90 bits per heavy atom. The zero-order chi connectivity index (χ0) is 20.8. The largest absolute Gasteiger partial charge is 0.357 e. The number of rotatable bonds is 7. The van der Waals surface area contributed by atoms with Crippen LogP contribution in [0.1, 0.15) is 39.1 Å². The number of hydrogen-bond acceptors (Lipinski definition) is 5. The molecule has 0 spiro atoms. The SMILES string of the molecule is CCNC(=NCc1ccccc1S(=O)(=O)NC(C)(C)C)NCc1ncnn1C.I. The normalized spacial score (nSPS) is 12.4. The van der Waals surface area contributed by atoms with Crippen molar-refractivity contribution in [2.24, 2.45) is 12.0 Å². The van der Waals surface area contributed by atoms with Crippen molar-refractivity contribution >= 4 is 40.0 Å². The van der Waals surface area contributed by atoms with E-state index in [9.17, 15) is 8.42 Å². The molecule has 9 nitrogen and oxygen atoms in total. The number of aryl methyl sites for hydroxylation is 1. The van der Waals surface area contributed by atoms with Crippen molar-refractivity contribution in [1.82, 2.24) is 30.1 Å². The Balaban J connectivity index is 0.00000420. The summed E-state index contributed by atoms with van der Waals surface area (Å²) in [4.78, 5) is 8.93. The summed E-state index contributed by atoms with van der Waals surface area (Å²) in [5, 5.41) is 10.4. The molecule has 1 aromatic carbocycles. The zero-order valence-electron chi connectivity index (χ0n) is 17.4. The second kappa shape index (κ2) is 10.9. The van der Waals surface area contributed by atoms with Crippen LogP contribution in [0.2, 0.25) is 0 Å². The lowest BCUT2D eigenvalue weighted by molar-refractivity contribution is 0.491. The van der Waals surface area contributed by atoms with Gasteiger partial charge in [0.05, 0.1) is 18.0 Å². The van der Waals surface area contributed by atoms with E-state index in [4.69, 9.17) is 0 Å². The van der Waals surface area contributed by atoms with Crippen LogP contribution >= 0.6 is 24.0 Å². The average molecular weight is 535 g/mol. The highest BCUT2D eigenvalue weighted by atomic mass is 127. The van der Waals surface area contributed by atoms with Gasteiger partial charge in [0.25, 0.3) is 0 Å². The van der Waals surface area contributed by atoms with E-state index in [-0.39, 0.29) is 35.4 Å². The summed E-state index contributed by atoms with van der Waals surface area (Å²) in [6.07, 6.45) is 1.49. The maximum atomic E-state index is 12.7. The Morgan fingerprint density at radius 1 is 1.21 bits per heavy atom. The third-order valence-corrected chi connectivity index (χ3v) is 5.53. The second-order valence-electron chi connectivity index (χ2n) is 7.31. The van der Waals surface area contributed by atoms with Crippen LogP contribution in [0.15, 0.2) is 40.5 Å². The summed E-state index contributed by atoms with van der Waals surface area (Å²) < 4.78 is 29.9. The van der Waals surface area contributed by atoms with E-state index in [0.717, 1.165) is 5.82 Å². The second-order valence-corrected chi connectivity index (χ2v) is 8.96. The molecule has 0 amide bonds. The fraction of sp³-hybridized carbons (Fsp3) is 0.500. The van der Waals surface area contributed by atoms with Crippen molar-refractivity contribution in [3.8, 4) is 0 Å². The van der Waals surface area contributed by atoms with Crippen LogP contribution < -0.4 is 15.4 Å². The first-order valence-corrected chi connectivity index (χ1v) is 10.6. The Labute approximate surface area is 189 Å². The molecule has 1 heterocycles. The molecule has 3 N–H and O–H groups in total. The van der Waals surface area contributed by atoms with Crippen molar-refractivity contribution < 1.29 is 8.42 Å². The summed E-state index contributed by atoms with van der Waals surface area (Å²) in [5.41, 5.74) is 0.0528. The Kier molecular flexibility index (Phi) is 9.49. The van der Waals surface area contributed by atoms with Crippen LogP contribution in [0.4, 0.5) is 0 Å². The number of guanidine groups is 1. The van der Waals surface area contributed by atoms with E-state index in [1.807, 2.05) is 34.7 Å². The smallest absolute Gasteiger partial charge is 0.241 e. The molecule has 11 heteroatoms. The predicted molar refractivity (Wildman–Crippen MR) is 125 cm³/mol. The summed E-state index contributed by atoms with van der Waals surface area (Å²) >= 11 is 0. The van der Waals surface area contributed by atoms with Crippen LogP contribution in [0.25, 0.3) is 0 Å². The van der Waals surface area contributed by atoms with E-state index < -0.39 is 15.6 Å². The maximum Gasteiger partial charge on any atom is 0.241 e. The highest BCUT2D eigenvalue weighted by Gasteiger charge is 2.24. The number of halogens is 1. The van der Waals surface area contributed by atoms with Crippen molar-refractivity contribution in [2.75, 3.05) is 6.54 Å². The van der Waals surface area contributed by atoms with Crippen LogP contribution in [-0.4, -0.2) is 41.2 Å². The zero-order valence-corrected chi connectivity index (χ0v) is 20.6. The lowest BCUT2D eigenvalue weighted by Gasteiger charge is -2.21. The molecule has 0 saturated carbocycles. The molecular weight excluding hydrogens is 505 g/mol. The van der Waals surface area contributed by atoms with Gasteiger partial charge in [-0.1, -0.05) is 18.2 Å². The minimum Gasteiger partial charge on any atom is -0.357 e. The van der Waals surface area contributed by atoms with Crippen molar-refractivity contribution in [1.29, 1.82) is 0 Å². The predicted octanol–water partition coefficient (Wildman–Crippen LogP) is 1.77. The highest BCUT2D eigenvalue weighted by Crippen LogP contribution is 2.18. The fourth-order valence-electron chi connectivity index (χ4n) is 2.50. The van der Waals surface area contributed by atoms with Gasteiger partial charge in [0.15, 0.2) is 5.96 Å². The molecule has 1 aromatic heterocycles. The number of benzene rings is 1. The Bertz CT molecular complexity index is 920. The van der Waals surface area contributed by atoms with Gasteiger partial charge in [-0.2, -0.15) is 5.10 Å². The van der Waals surface area contributed by atoms with E-state index in [1.54, 1.807) is 28.9 Å². The molecule has 0 fully saturated rings. The van der Waals surface area contributed by atoms with Crippen LogP contribution in [0.5, 0.6) is 0 Å². The van der Waals surface area contributed by atoms with Crippen molar-refractivity contribution in [2.45, 2.75) is 51.2 Å². The Hall–Kier alpha value is -1.73. The first kappa shape index (κ1) is 25.3. The van der Waals surface area contributed by atoms with Gasteiger partial charge in [0, 0.05) is 19.1 Å². The molecule has 2 rings (SSSR count). The third-order valence-electron chi connectivity index (χ3n) is 3.67. The number of hydrogen-bond donors (Lipinski definition) is 3. The molecule has 0 aliphatic rings. The minimum atomic E-state index is -3.64. The molecular formula is C18H30IN7O2S. The van der Waals surface area contributed by atoms with E-state index in [1.165, 1.54) is 6.33 Å². The summed E-state index contributed by atoms with van der Waals surface area (Å²) in [5.74, 6) is 1.34. The number of nitrogens with zero attached hydrogens (tertiary/aromatic N) is 4. The molecule has 0 bridgehead atoms. The molecule has 0 saturated heterocycles. The van der Waals surface area contributed by atoms with E-state index in [2.05, 4.69) is 30.4 Å². The highest BCUT2D eigenvalue weighted by molar-refractivity contribution is 14.0. The average Bonchev–Trinajstić information content (AvgIpc) is 3.00. The molecule has 162 valence electrons. The molecule has 0 aliphatic carbocycles. The van der Waals surface area contributed by atoms with Gasteiger partial charge in [0.1, 0.15) is 12.2 Å². The van der Waals surface area contributed by atoms with E-state index in [0.29, 0.717) is 24.6 Å². The molecule has 29 heavy (non-hydrogen) atoms. The fourth-order valence-corrected chi connectivity index (χ4v) is 4.16. The topological polar surface area (TPSA) is 113 Å². The molecule has 0 atom stereocenters. The van der Waals surface area contributed by atoms with Gasteiger partial charge >= 0.3 is 0 Å². The van der Waals surface area contributed by atoms with Crippen molar-refractivity contribution in [3.63, 3.8) is 0 Å². The maximum absolute atomic E-state index is 12.7. The first-order chi connectivity index (χ1) is 13.1. The van der Waals surface area contributed by atoms with Crippen LogP contribution in [-0.2, 0) is 30.2 Å². The lowest BCUT2D eigenvalue weighted by atomic mass is 10.1. The van der Waals surface area contributed by atoms with Gasteiger partial charge in [-0.05, 0) is 39.3 Å². The minimum absolute atomic E-state index is 0.